The Hall–Kier alpha value is -3.36. The predicted molar refractivity (Wildman–Crippen MR) is 149 cm³/mol. The second kappa shape index (κ2) is 12.9. The zero-order valence-corrected chi connectivity index (χ0v) is 22.9. The number of hydrogen-bond acceptors (Lipinski definition) is 5. The number of benzene rings is 2. The fourth-order valence-corrected chi connectivity index (χ4v) is 5.10. The van der Waals surface area contributed by atoms with E-state index in [1.807, 2.05) is 67.3 Å². The number of nitrogens with zero attached hydrogens (tertiary/aromatic N) is 2. The topological polar surface area (TPSA) is 84.8 Å². The van der Waals surface area contributed by atoms with Crippen molar-refractivity contribution in [3.8, 4) is 0 Å². The van der Waals surface area contributed by atoms with E-state index in [1.54, 1.807) is 7.11 Å². The van der Waals surface area contributed by atoms with Crippen molar-refractivity contribution >= 4 is 22.9 Å². The van der Waals surface area contributed by atoms with Crippen molar-refractivity contribution in [2.75, 3.05) is 33.4 Å². The highest BCUT2D eigenvalue weighted by Crippen LogP contribution is 2.25. The Morgan fingerprint density at radius 2 is 1.95 bits per heavy atom. The first-order chi connectivity index (χ1) is 18.4. The van der Waals surface area contributed by atoms with E-state index in [-0.39, 0.29) is 24.0 Å². The van der Waals surface area contributed by atoms with E-state index >= 15 is 0 Å². The molecule has 1 fully saturated rings. The van der Waals surface area contributed by atoms with Crippen molar-refractivity contribution in [1.82, 2.24) is 20.1 Å². The molecule has 1 aliphatic heterocycles. The summed E-state index contributed by atoms with van der Waals surface area (Å²) in [6.07, 6.45) is 2.31. The molecule has 2 N–H and O–H groups in total. The molecule has 3 aromatic rings. The Labute approximate surface area is 225 Å². The summed E-state index contributed by atoms with van der Waals surface area (Å²) in [5.41, 5.74) is 3.94. The summed E-state index contributed by atoms with van der Waals surface area (Å²) in [5.74, 6) is -0.00363. The van der Waals surface area contributed by atoms with Crippen molar-refractivity contribution in [1.29, 1.82) is 0 Å². The highest BCUT2D eigenvalue weighted by Gasteiger charge is 2.34. The lowest BCUT2D eigenvalue weighted by atomic mass is 10.0. The van der Waals surface area contributed by atoms with Crippen LogP contribution in [-0.4, -0.2) is 67.0 Å². The van der Waals surface area contributed by atoms with Gasteiger partial charge in [0, 0.05) is 81.1 Å². The quantitative estimate of drug-likeness (QED) is 0.367. The monoisotopic (exact) mass is 520 g/mol. The molecule has 1 aromatic heterocycles. The summed E-state index contributed by atoms with van der Waals surface area (Å²) in [7, 11) is 1.71. The number of alkyl carbamates (subject to hydrolysis) is 1. The Balaban J connectivity index is 1.43. The second-order valence-electron chi connectivity index (χ2n) is 10.3. The van der Waals surface area contributed by atoms with Gasteiger partial charge in [0.25, 0.3) is 5.91 Å². The van der Waals surface area contributed by atoms with Crippen LogP contribution in [-0.2, 0) is 22.6 Å². The molecule has 4 rings (SSSR count). The number of carbonyl (C=O) groups excluding carboxylic acids is 2. The zero-order valence-electron chi connectivity index (χ0n) is 22.9. The van der Waals surface area contributed by atoms with E-state index in [2.05, 4.69) is 28.3 Å². The summed E-state index contributed by atoms with van der Waals surface area (Å²) in [4.78, 5) is 28.1. The van der Waals surface area contributed by atoms with Gasteiger partial charge >= 0.3 is 6.09 Å². The number of nitrogens with one attached hydrogen (secondary N) is 2. The molecule has 1 saturated heterocycles. The molecule has 1 aliphatic rings. The fourth-order valence-electron chi connectivity index (χ4n) is 5.10. The van der Waals surface area contributed by atoms with Crippen molar-refractivity contribution in [3.05, 3.63) is 71.4 Å². The number of aromatic nitrogens is 1. The third kappa shape index (κ3) is 6.74. The van der Waals surface area contributed by atoms with Crippen LogP contribution in [0.25, 0.3) is 10.9 Å². The smallest absolute Gasteiger partial charge is 0.407 e. The first-order valence-corrected chi connectivity index (χ1v) is 13.5. The van der Waals surface area contributed by atoms with E-state index in [1.165, 1.54) is 5.56 Å². The highest BCUT2D eigenvalue weighted by molar-refractivity contribution is 5.98. The van der Waals surface area contributed by atoms with Crippen LogP contribution >= 0.6 is 0 Å². The maximum atomic E-state index is 13.7. The van der Waals surface area contributed by atoms with Gasteiger partial charge in [-0.15, -0.1) is 0 Å². The Morgan fingerprint density at radius 1 is 1.16 bits per heavy atom. The lowest BCUT2D eigenvalue weighted by Crippen LogP contribution is -2.44. The molecule has 8 heteroatoms. The number of hydrogen-bond donors (Lipinski definition) is 2. The maximum absolute atomic E-state index is 13.7. The van der Waals surface area contributed by atoms with Crippen LogP contribution in [0.1, 0.15) is 41.8 Å². The van der Waals surface area contributed by atoms with Gasteiger partial charge in [0.15, 0.2) is 0 Å². The fraction of sp³-hybridized carbons (Fsp3) is 0.467. The van der Waals surface area contributed by atoms with E-state index in [0.29, 0.717) is 38.3 Å². The number of fused-ring (bicyclic) bond motifs is 1. The molecular weight excluding hydrogens is 480 g/mol. The molecule has 0 spiro atoms. The Bertz CT molecular complexity index is 1220. The van der Waals surface area contributed by atoms with Gasteiger partial charge in [-0.2, -0.15) is 0 Å². The number of rotatable bonds is 11. The number of aryl methyl sites for hydroxylation is 2. The maximum Gasteiger partial charge on any atom is 0.407 e. The van der Waals surface area contributed by atoms with Crippen LogP contribution in [0.3, 0.4) is 0 Å². The van der Waals surface area contributed by atoms with Gasteiger partial charge in [-0.25, -0.2) is 4.79 Å². The van der Waals surface area contributed by atoms with E-state index in [9.17, 15) is 9.59 Å². The second-order valence-corrected chi connectivity index (χ2v) is 10.3. The molecule has 2 aromatic carbocycles. The van der Waals surface area contributed by atoms with Crippen LogP contribution in [0.5, 0.6) is 0 Å². The number of ether oxygens (including phenoxy) is 2. The third-order valence-electron chi connectivity index (χ3n) is 7.21. The molecule has 2 atom stereocenters. The van der Waals surface area contributed by atoms with Gasteiger partial charge in [0.2, 0.25) is 0 Å². The van der Waals surface area contributed by atoms with Gasteiger partial charge in [0.05, 0.1) is 0 Å². The number of methoxy groups -OCH3 is 1. The van der Waals surface area contributed by atoms with Crippen LogP contribution in [0.2, 0.25) is 0 Å². The molecule has 8 nitrogen and oxygen atoms in total. The van der Waals surface area contributed by atoms with Crippen LogP contribution in [0.4, 0.5) is 4.79 Å². The molecule has 0 saturated carbocycles. The van der Waals surface area contributed by atoms with E-state index in [0.717, 1.165) is 29.4 Å². The normalized spacial score (nSPS) is 17.2. The lowest BCUT2D eigenvalue weighted by molar-refractivity contribution is 0.0522. The average Bonchev–Trinajstić information content (AvgIpc) is 3.49. The average molecular weight is 521 g/mol. The SMILES string of the molecule is COCCCn1cc(C)c2ccc(C(=O)N(C[C@H]3CNC[C@H]3OC(=O)NCc3ccccc3)C(C)C)cc21. The minimum absolute atomic E-state index is 0.00146. The number of amides is 2. The molecule has 2 amide bonds. The summed E-state index contributed by atoms with van der Waals surface area (Å²) < 4.78 is 13.2. The predicted octanol–water partition coefficient (Wildman–Crippen LogP) is 4.35. The van der Waals surface area contributed by atoms with E-state index in [4.69, 9.17) is 9.47 Å². The minimum Gasteiger partial charge on any atom is -0.444 e. The molecule has 0 aliphatic carbocycles. The Morgan fingerprint density at radius 3 is 2.68 bits per heavy atom. The summed E-state index contributed by atoms with van der Waals surface area (Å²) in [6, 6.07) is 15.7. The summed E-state index contributed by atoms with van der Waals surface area (Å²) >= 11 is 0. The molecule has 38 heavy (non-hydrogen) atoms. The van der Waals surface area contributed by atoms with Gasteiger partial charge in [-0.3, -0.25) is 4.79 Å². The van der Waals surface area contributed by atoms with Gasteiger partial charge in [-0.1, -0.05) is 36.4 Å². The molecule has 0 radical (unpaired) electrons. The van der Waals surface area contributed by atoms with Crippen molar-refractivity contribution in [2.24, 2.45) is 5.92 Å². The van der Waals surface area contributed by atoms with E-state index < -0.39 is 6.09 Å². The summed E-state index contributed by atoms with van der Waals surface area (Å²) in [6.45, 7) is 9.86. The molecule has 0 bridgehead atoms. The molecular formula is C30H40N4O4. The lowest BCUT2D eigenvalue weighted by Gasteiger charge is -2.31. The van der Waals surface area contributed by atoms with Crippen molar-refractivity contribution in [3.63, 3.8) is 0 Å². The zero-order chi connectivity index (χ0) is 27.1. The van der Waals surface area contributed by atoms with Crippen molar-refractivity contribution < 1.29 is 19.1 Å². The first kappa shape index (κ1) is 27.7. The Kier molecular flexibility index (Phi) is 9.42. The third-order valence-corrected chi connectivity index (χ3v) is 7.21. The molecule has 2 heterocycles. The van der Waals surface area contributed by atoms with Crippen LogP contribution in [0.15, 0.2) is 54.7 Å². The number of carbonyl (C=O) groups is 2. The van der Waals surface area contributed by atoms with Gasteiger partial charge in [-0.05, 0) is 50.5 Å². The minimum atomic E-state index is -0.440. The van der Waals surface area contributed by atoms with Crippen LogP contribution < -0.4 is 10.6 Å². The van der Waals surface area contributed by atoms with Gasteiger partial charge < -0.3 is 29.6 Å². The largest absolute Gasteiger partial charge is 0.444 e. The standard InChI is InChI=1S/C30H40N4O4/c1-21(2)34(20-25-17-31-18-28(25)38-30(36)32-16-23-9-6-5-7-10-23)29(35)24-11-12-26-22(3)19-33(27(26)15-24)13-8-14-37-4/h5-7,9-12,15,19,21,25,28,31H,8,13-14,16-18,20H2,1-4H3,(H,32,36)/t25-,28-/m1/s1. The molecule has 0 unspecified atom stereocenters. The molecule has 204 valence electrons. The van der Waals surface area contributed by atoms with Gasteiger partial charge in [0.1, 0.15) is 6.10 Å². The first-order valence-electron chi connectivity index (χ1n) is 13.5. The van der Waals surface area contributed by atoms with Crippen molar-refractivity contribution in [2.45, 2.75) is 52.4 Å². The summed E-state index contributed by atoms with van der Waals surface area (Å²) in [5, 5.41) is 7.32. The van der Waals surface area contributed by atoms with Crippen LogP contribution in [0, 0.1) is 12.8 Å². The highest BCUT2D eigenvalue weighted by atomic mass is 16.6.